The van der Waals surface area contributed by atoms with E-state index in [2.05, 4.69) is 22.1 Å². The summed E-state index contributed by atoms with van der Waals surface area (Å²) in [6.07, 6.45) is 3.48. The van der Waals surface area contributed by atoms with Crippen molar-refractivity contribution < 1.29 is 14.6 Å². The molecule has 0 amide bonds. The quantitative estimate of drug-likeness (QED) is 0.863. The Balaban J connectivity index is 1.84. The van der Waals surface area contributed by atoms with Gasteiger partial charge in [0.05, 0.1) is 6.61 Å². The van der Waals surface area contributed by atoms with E-state index in [1.165, 1.54) is 17.7 Å². The number of carboxylic acid groups (broad SMARTS) is 1. The van der Waals surface area contributed by atoms with E-state index < -0.39 is 5.97 Å². The van der Waals surface area contributed by atoms with Gasteiger partial charge in [-0.25, -0.2) is 4.79 Å². The highest BCUT2D eigenvalue weighted by atomic mass is 16.5. The maximum absolute atomic E-state index is 10.6. The smallest absolute Gasteiger partial charge is 0.356 e. The van der Waals surface area contributed by atoms with Gasteiger partial charge in [-0.15, -0.1) is 10.2 Å². The van der Waals surface area contributed by atoms with Crippen molar-refractivity contribution >= 4 is 5.97 Å². The minimum atomic E-state index is -1.11. The van der Waals surface area contributed by atoms with Gasteiger partial charge in [0.25, 0.3) is 0 Å². The topological polar surface area (TPSA) is 85.2 Å². The molecule has 0 aliphatic heterocycles. The number of aryl methyl sites for hydroxylation is 1. The highest BCUT2D eigenvalue weighted by Gasteiger charge is 2.05. The number of hydrogen-bond acceptors (Lipinski definition) is 5. The Kier molecular flexibility index (Phi) is 4.60. The minimum absolute atomic E-state index is 0.103. The zero-order valence-corrected chi connectivity index (χ0v) is 11.1. The van der Waals surface area contributed by atoms with Crippen LogP contribution in [0.1, 0.15) is 28.7 Å². The molecule has 2 aromatic heterocycles. The van der Waals surface area contributed by atoms with E-state index in [1.807, 2.05) is 18.3 Å². The van der Waals surface area contributed by atoms with Crippen LogP contribution in [0, 0.1) is 0 Å². The summed E-state index contributed by atoms with van der Waals surface area (Å²) in [5.74, 6) is -0.801. The molecule has 0 fully saturated rings. The van der Waals surface area contributed by atoms with Crippen LogP contribution in [-0.2, 0) is 12.8 Å². The van der Waals surface area contributed by atoms with E-state index in [4.69, 9.17) is 9.84 Å². The molecule has 2 aromatic rings. The van der Waals surface area contributed by atoms with Crippen molar-refractivity contribution in [2.45, 2.75) is 19.8 Å². The molecule has 0 aromatic carbocycles. The Hall–Kier alpha value is -2.50. The van der Waals surface area contributed by atoms with Crippen LogP contribution in [-0.4, -0.2) is 32.9 Å². The third-order valence-corrected chi connectivity index (χ3v) is 2.76. The lowest BCUT2D eigenvalue weighted by atomic mass is 10.2. The molecule has 0 bridgehead atoms. The van der Waals surface area contributed by atoms with Gasteiger partial charge in [0.1, 0.15) is 0 Å². The summed E-state index contributed by atoms with van der Waals surface area (Å²) in [6.45, 7) is 2.50. The first kappa shape index (κ1) is 13.9. The Morgan fingerprint density at radius 3 is 2.65 bits per heavy atom. The minimum Gasteiger partial charge on any atom is -0.476 e. The van der Waals surface area contributed by atoms with Gasteiger partial charge in [0.2, 0.25) is 5.88 Å². The number of carbonyl (C=O) groups is 1. The predicted molar refractivity (Wildman–Crippen MR) is 71.8 cm³/mol. The van der Waals surface area contributed by atoms with Crippen LogP contribution >= 0.6 is 0 Å². The monoisotopic (exact) mass is 273 g/mol. The molecule has 6 heteroatoms. The Bertz CT molecular complexity index is 567. The molecular formula is C14H15N3O3. The van der Waals surface area contributed by atoms with Crippen molar-refractivity contribution in [2.75, 3.05) is 6.61 Å². The van der Waals surface area contributed by atoms with Crippen molar-refractivity contribution in [3.8, 4) is 5.88 Å². The lowest BCUT2D eigenvalue weighted by molar-refractivity contribution is 0.0689. The van der Waals surface area contributed by atoms with Crippen LogP contribution in [0.25, 0.3) is 0 Å². The number of ether oxygens (including phenoxy) is 1. The molecular weight excluding hydrogens is 258 g/mol. The van der Waals surface area contributed by atoms with Gasteiger partial charge < -0.3 is 9.84 Å². The number of pyridine rings is 1. The Morgan fingerprint density at radius 2 is 2.10 bits per heavy atom. The highest BCUT2D eigenvalue weighted by Crippen LogP contribution is 2.06. The summed E-state index contributed by atoms with van der Waals surface area (Å²) in [6, 6.07) is 6.87. The summed E-state index contributed by atoms with van der Waals surface area (Å²) in [7, 11) is 0. The maximum Gasteiger partial charge on any atom is 0.356 e. The van der Waals surface area contributed by atoms with E-state index in [-0.39, 0.29) is 5.69 Å². The maximum atomic E-state index is 10.6. The third kappa shape index (κ3) is 3.74. The van der Waals surface area contributed by atoms with Crippen LogP contribution in [0.4, 0.5) is 0 Å². The van der Waals surface area contributed by atoms with Gasteiger partial charge in [-0.1, -0.05) is 13.0 Å². The molecule has 0 aliphatic carbocycles. The average Bonchev–Trinajstić information content (AvgIpc) is 2.48. The van der Waals surface area contributed by atoms with Gasteiger partial charge in [0.15, 0.2) is 5.69 Å². The van der Waals surface area contributed by atoms with E-state index in [0.29, 0.717) is 18.9 Å². The van der Waals surface area contributed by atoms with Crippen LogP contribution in [0.2, 0.25) is 0 Å². The summed E-state index contributed by atoms with van der Waals surface area (Å²) in [4.78, 5) is 14.9. The lowest BCUT2D eigenvalue weighted by Crippen LogP contribution is -2.07. The van der Waals surface area contributed by atoms with E-state index in [1.54, 1.807) is 0 Å². The number of aromatic carboxylic acids is 1. The van der Waals surface area contributed by atoms with E-state index in [9.17, 15) is 4.79 Å². The van der Waals surface area contributed by atoms with Crippen LogP contribution in [0.5, 0.6) is 5.88 Å². The summed E-state index contributed by atoms with van der Waals surface area (Å²) in [5, 5.41) is 15.9. The molecule has 20 heavy (non-hydrogen) atoms. The van der Waals surface area contributed by atoms with Gasteiger partial charge in [-0.05, 0) is 24.1 Å². The van der Waals surface area contributed by atoms with Crippen molar-refractivity contribution in [1.29, 1.82) is 0 Å². The normalized spacial score (nSPS) is 10.2. The van der Waals surface area contributed by atoms with Gasteiger partial charge in [0, 0.05) is 24.4 Å². The first-order valence-electron chi connectivity index (χ1n) is 6.32. The average molecular weight is 273 g/mol. The van der Waals surface area contributed by atoms with Crippen molar-refractivity contribution in [2.24, 2.45) is 0 Å². The van der Waals surface area contributed by atoms with E-state index >= 15 is 0 Å². The van der Waals surface area contributed by atoms with Crippen molar-refractivity contribution in [1.82, 2.24) is 15.2 Å². The Labute approximate surface area is 116 Å². The number of aromatic nitrogens is 3. The fourth-order valence-electron chi connectivity index (χ4n) is 1.58. The number of carboxylic acids is 1. The first-order valence-corrected chi connectivity index (χ1v) is 6.32. The molecule has 0 atom stereocenters. The molecule has 2 rings (SSSR count). The van der Waals surface area contributed by atoms with Gasteiger partial charge >= 0.3 is 5.97 Å². The molecule has 104 valence electrons. The standard InChI is InChI=1S/C14H15N3O3/c1-2-10-3-4-11(15-9-10)7-8-20-13-6-5-12(14(18)19)16-17-13/h3-6,9H,2,7-8H2,1H3,(H,18,19). The third-order valence-electron chi connectivity index (χ3n) is 2.76. The van der Waals surface area contributed by atoms with Crippen molar-refractivity contribution in [3.63, 3.8) is 0 Å². The second-order valence-corrected chi connectivity index (χ2v) is 4.17. The lowest BCUT2D eigenvalue weighted by Gasteiger charge is -2.05. The largest absolute Gasteiger partial charge is 0.476 e. The Morgan fingerprint density at radius 1 is 1.25 bits per heavy atom. The second kappa shape index (κ2) is 6.60. The molecule has 2 heterocycles. The molecule has 0 unspecified atom stereocenters. The van der Waals surface area contributed by atoms with Gasteiger partial charge in [-0.2, -0.15) is 0 Å². The number of nitrogens with zero attached hydrogens (tertiary/aromatic N) is 3. The number of hydrogen-bond donors (Lipinski definition) is 1. The molecule has 0 radical (unpaired) electrons. The molecule has 0 saturated heterocycles. The molecule has 0 saturated carbocycles. The first-order chi connectivity index (χ1) is 9.69. The second-order valence-electron chi connectivity index (χ2n) is 4.17. The molecule has 6 nitrogen and oxygen atoms in total. The fourth-order valence-corrected chi connectivity index (χ4v) is 1.58. The SMILES string of the molecule is CCc1ccc(CCOc2ccc(C(=O)O)nn2)nc1. The molecule has 0 aliphatic rings. The van der Waals surface area contributed by atoms with E-state index in [0.717, 1.165) is 12.1 Å². The zero-order valence-electron chi connectivity index (χ0n) is 11.1. The summed E-state index contributed by atoms with van der Waals surface area (Å²) >= 11 is 0. The zero-order chi connectivity index (χ0) is 14.4. The van der Waals surface area contributed by atoms with Gasteiger partial charge in [-0.3, -0.25) is 4.98 Å². The number of rotatable bonds is 6. The van der Waals surface area contributed by atoms with Crippen LogP contribution in [0.3, 0.4) is 0 Å². The van der Waals surface area contributed by atoms with Crippen LogP contribution < -0.4 is 4.74 Å². The summed E-state index contributed by atoms with van der Waals surface area (Å²) in [5.41, 5.74) is 2.04. The fraction of sp³-hybridized carbons (Fsp3) is 0.286. The predicted octanol–water partition coefficient (Wildman–Crippen LogP) is 1.75. The molecule has 0 spiro atoms. The van der Waals surface area contributed by atoms with Crippen molar-refractivity contribution in [3.05, 3.63) is 47.4 Å². The highest BCUT2D eigenvalue weighted by molar-refractivity contribution is 5.84. The molecule has 1 N–H and O–H groups in total. The van der Waals surface area contributed by atoms with Crippen LogP contribution in [0.15, 0.2) is 30.5 Å². The summed E-state index contributed by atoms with van der Waals surface area (Å²) < 4.78 is 5.39.